The predicted octanol–water partition coefficient (Wildman–Crippen LogP) is 2.35. The Bertz CT molecular complexity index is 758. The van der Waals surface area contributed by atoms with Crippen molar-refractivity contribution in [3.05, 3.63) is 34.7 Å². The Kier molecular flexibility index (Phi) is 4.35. The van der Waals surface area contributed by atoms with E-state index in [0.717, 1.165) is 17.7 Å². The topological polar surface area (TPSA) is 74.2 Å². The van der Waals surface area contributed by atoms with Crippen molar-refractivity contribution in [1.82, 2.24) is 10.3 Å². The minimum absolute atomic E-state index is 0.127. The van der Waals surface area contributed by atoms with Crippen molar-refractivity contribution < 1.29 is 9.90 Å². The number of anilines is 1. The molecule has 1 aromatic carbocycles. The summed E-state index contributed by atoms with van der Waals surface area (Å²) >= 11 is 1.44. The molecule has 1 amide bonds. The lowest BCUT2D eigenvalue weighted by Gasteiger charge is -2.16. The molecule has 0 spiro atoms. The molecule has 0 saturated carbocycles. The zero-order valence-corrected chi connectivity index (χ0v) is 14.2. The lowest BCUT2D eigenvalue weighted by atomic mass is 9.90. The number of thiazole rings is 1. The number of hydrogen-bond acceptors (Lipinski definition) is 5. The van der Waals surface area contributed by atoms with Crippen LogP contribution in [0, 0.1) is 0 Å². The third-order valence-electron chi connectivity index (χ3n) is 4.80. The molecule has 2 aromatic rings. The molecule has 4 rings (SSSR count). The molecule has 2 unspecified atom stereocenters. The monoisotopic (exact) mass is 343 g/mol. The third-order valence-corrected chi connectivity index (χ3v) is 5.56. The van der Waals surface area contributed by atoms with Gasteiger partial charge in [-0.1, -0.05) is 12.1 Å². The van der Waals surface area contributed by atoms with E-state index in [9.17, 15) is 9.90 Å². The summed E-state index contributed by atoms with van der Waals surface area (Å²) in [4.78, 5) is 16.7. The van der Waals surface area contributed by atoms with Gasteiger partial charge < -0.3 is 15.7 Å². The van der Waals surface area contributed by atoms with Gasteiger partial charge in [0.1, 0.15) is 0 Å². The number of hydrogen-bond donors (Lipinski definition) is 3. The highest BCUT2D eigenvalue weighted by atomic mass is 32.1. The quantitative estimate of drug-likeness (QED) is 0.800. The molecule has 0 bridgehead atoms. The average Bonchev–Trinajstić information content (AvgIpc) is 3.23. The fraction of sp³-hybridized carbons (Fsp3) is 0.444. The maximum Gasteiger partial charge on any atom is 0.243 e. The zero-order chi connectivity index (χ0) is 16.5. The van der Waals surface area contributed by atoms with Crippen molar-refractivity contribution in [2.45, 2.75) is 44.2 Å². The SMILES string of the molecule is O=C(Nc1nc(-c2ccc3c(c2)CCCC3)cs1)C1CC(O)CN1. The molecule has 126 valence electrons. The van der Waals surface area contributed by atoms with Crippen molar-refractivity contribution in [1.29, 1.82) is 0 Å². The van der Waals surface area contributed by atoms with E-state index in [1.54, 1.807) is 0 Å². The molecule has 6 heteroatoms. The van der Waals surface area contributed by atoms with Gasteiger partial charge in [-0.05, 0) is 49.3 Å². The molecule has 1 aromatic heterocycles. The Morgan fingerprint density at radius 1 is 1.29 bits per heavy atom. The second-order valence-electron chi connectivity index (χ2n) is 6.57. The van der Waals surface area contributed by atoms with Crippen LogP contribution in [0.4, 0.5) is 5.13 Å². The van der Waals surface area contributed by atoms with Crippen molar-refractivity contribution in [2.75, 3.05) is 11.9 Å². The van der Waals surface area contributed by atoms with Gasteiger partial charge in [-0.2, -0.15) is 0 Å². The fourth-order valence-corrected chi connectivity index (χ4v) is 4.19. The van der Waals surface area contributed by atoms with Gasteiger partial charge in [0.15, 0.2) is 5.13 Å². The molecule has 24 heavy (non-hydrogen) atoms. The number of carbonyl (C=O) groups excluding carboxylic acids is 1. The Hall–Kier alpha value is -1.76. The van der Waals surface area contributed by atoms with Gasteiger partial charge >= 0.3 is 0 Å². The van der Waals surface area contributed by atoms with E-state index in [1.165, 1.54) is 41.7 Å². The summed E-state index contributed by atoms with van der Waals surface area (Å²) in [7, 11) is 0. The second kappa shape index (κ2) is 6.63. The van der Waals surface area contributed by atoms with E-state index >= 15 is 0 Å². The lowest BCUT2D eigenvalue weighted by Crippen LogP contribution is -2.35. The van der Waals surface area contributed by atoms with Crippen LogP contribution < -0.4 is 10.6 Å². The van der Waals surface area contributed by atoms with Crippen LogP contribution in [-0.2, 0) is 17.6 Å². The minimum atomic E-state index is -0.442. The van der Waals surface area contributed by atoms with Gasteiger partial charge in [0.25, 0.3) is 0 Å². The number of aryl methyl sites for hydroxylation is 2. The Labute approximate surface area is 145 Å². The van der Waals surface area contributed by atoms with Crippen molar-refractivity contribution in [3.63, 3.8) is 0 Å². The molecule has 1 aliphatic heterocycles. The zero-order valence-electron chi connectivity index (χ0n) is 13.4. The molecule has 0 radical (unpaired) electrons. The molecular formula is C18H21N3O2S. The van der Waals surface area contributed by atoms with Crippen LogP contribution in [0.2, 0.25) is 0 Å². The summed E-state index contributed by atoms with van der Waals surface area (Å²) in [6.07, 6.45) is 4.87. The lowest BCUT2D eigenvalue weighted by molar-refractivity contribution is -0.117. The van der Waals surface area contributed by atoms with Crippen LogP contribution in [0.15, 0.2) is 23.6 Å². The number of aliphatic hydroxyl groups is 1. The van der Waals surface area contributed by atoms with Crippen LogP contribution in [0.5, 0.6) is 0 Å². The number of aliphatic hydroxyl groups excluding tert-OH is 1. The standard InChI is InChI=1S/C18H21N3O2S/c22-14-8-15(19-9-14)17(23)21-18-20-16(10-24-18)13-6-5-11-3-1-2-4-12(11)7-13/h5-7,10,14-15,19,22H,1-4,8-9H2,(H,20,21,23). The number of aromatic nitrogens is 1. The van der Waals surface area contributed by atoms with Crippen LogP contribution >= 0.6 is 11.3 Å². The molecule has 2 atom stereocenters. The molecule has 3 N–H and O–H groups in total. The summed E-state index contributed by atoms with van der Waals surface area (Å²) in [5.41, 5.74) is 4.91. The second-order valence-corrected chi connectivity index (χ2v) is 7.43. The number of benzene rings is 1. The van der Waals surface area contributed by atoms with E-state index in [4.69, 9.17) is 0 Å². The Balaban J connectivity index is 1.47. The Morgan fingerprint density at radius 3 is 2.92 bits per heavy atom. The summed E-state index contributed by atoms with van der Waals surface area (Å²) < 4.78 is 0. The van der Waals surface area contributed by atoms with Gasteiger partial charge in [0, 0.05) is 17.5 Å². The summed E-state index contributed by atoms with van der Waals surface area (Å²) in [5, 5.41) is 18.0. The van der Waals surface area contributed by atoms with Gasteiger partial charge in [-0.25, -0.2) is 4.98 Å². The molecular weight excluding hydrogens is 322 g/mol. The number of β-amino-alcohol motifs (C(OH)–C–C–N with tert-alkyl or cyclic N) is 1. The van der Waals surface area contributed by atoms with Crippen molar-refractivity contribution >= 4 is 22.4 Å². The number of nitrogens with one attached hydrogen (secondary N) is 2. The normalized spacial score (nSPS) is 23.0. The first-order valence-electron chi connectivity index (χ1n) is 8.49. The van der Waals surface area contributed by atoms with E-state index in [0.29, 0.717) is 18.1 Å². The van der Waals surface area contributed by atoms with Crippen molar-refractivity contribution in [3.8, 4) is 11.3 Å². The predicted molar refractivity (Wildman–Crippen MR) is 95.2 cm³/mol. The highest BCUT2D eigenvalue weighted by Gasteiger charge is 2.28. The molecule has 2 heterocycles. The Morgan fingerprint density at radius 2 is 2.12 bits per heavy atom. The summed E-state index contributed by atoms with van der Waals surface area (Å²) in [5.74, 6) is -0.127. The molecule has 1 aliphatic carbocycles. The first kappa shape index (κ1) is 15.7. The smallest absolute Gasteiger partial charge is 0.243 e. The van der Waals surface area contributed by atoms with Gasteiger partial charge in [0.05, 0.1) is 17.8 Å². The van der Waals surface area contributed by atoms with Crippen LogP contribution in [0.25, 0.3) is 11.3 Å². The number of amides is 1. The van der Waals surface area contributed by atoms with Gasteiger partial charge in [-0.15, -0.1) is 11.3 Å². The first-order valence-corrected chi connectivity index (χ1v) is 9.37. The molecule has 5 nitrogen and oxygen atoms in total. The molecule has 1 fully saturated rings. The average molecular weight is 343 g/mol. The van der Waals surface area contributed by atoms with Crippen LogP contribution in [-0.4, -0.2) is 34.7 Å². The third kappa shape index (κ3) is 3.22. The van der Waals surface area contributed by atoms with Crippen LogP contribution in [0.1, 0.15) is 30.4 Å². The maximum absolute atomic E-state index is 12.2. The number of fused-ring (bicyclic) bond motifs is 1. The number of carbonyl (C=O) groups is 1. The number of rotatable bonds is 3. The molecule has 1 saturated heterocycles. The van der Waals surface area contributed by atoms with Gasteiger partial charge in [0.2, 0.25) is 5.91 Å². The maximum atomic E-state index is 12.2. The van der Waals surface area contributed by atoms with E-state index in [1.807, 2.05) is 5.38 Å². The molecule has 2 aliphatic rings. The van der Waals surface area contributed by atoms with E-state index in [2.05, 4.69) is 33.8 Å². The minimum Gasteiger partial charge on any atom is -0.392 e. The largest absolute Gasteiger partial charge is 0.392 e. The summed E-state index contributed by atoms with van der Waals surface area (Å²) in [6, 6.07) is 6.24. The highest BCUT2D eigenvalue weighted by Crippen LogP contribution is 2.29. The number of nitrogens with zero attached hydrogens (tertiary/aromatic N) is 1. The van der Waals surface area contributed by atoms with Crippen molar-refractivity contribution in [2.24, 2.45) is 0 Å². The fourth-order valence-electron chi connectivity index (χ4n) is 3.47. The van der Waals surface area contributed by atoms with E-state index < -0.39 is 6.10 Å². The highest BCUT2D eigenvalue weighted by molar-refractivity contribution is 7.14. The van der Waals surface area contributed by atoms with E-state index in [-0.39, 0.29) is 11.9 Å². The first-order chi connectivity index (χ1) is 11.7. The summed E-state index contributed by atoms with van der Waals surface area (Å²) in [6.45, 7) is 0.469. The van der Waals surface area contributed by atoms with Gasteiger partial charge in [-0.3, -0.25) is 4.79 Å². The van der Waals surface area contributed by atoms with Crippen LogP contribution in [0.3, 0.4) is 0 Å².